The van der Waals surface area contributed by atoms with E-state index in [2.05, 4.69) is 26.1 Å². The predicted molar refractivity (Wildman–Crippen MR) is 84.6 cm³/mol. The highest BCUT2D eigenvalue weighted by molar-refractivity contribution is 9.10. The number of nitrogens with one attached hydrogen (secondary N) is 1. The number of carbonyl (C=O) groups excluding carboxylic acids is 1. The standard InChI is InChI=1S/C14H19BrClN3O/c15-11-2-1-10(13(16)7-11)8-18-12-3-5-19(6-4-12)9-14(17)20/h1-2,7,12,18H,3-6,8-9H2,(H2,17,20). The van der Waals surface area contributed by atoms with Crippen molar-refractivity contribution in [2.75, 3.05) is 19.6 Å². The van der Waals surface area contributed by atoms with E-state index in [0.717, 1.165) is 47.5 Å². The monoisotopic (exact) mass is 359 g/mol. The van der Waals surface area contributed by atoms with Crippen LogP contribution in [-0.4, -0.2) is 36.5 Å². The lowest BCUT2D eigenvalue weighted by molar-refractivity contribution is -0.119. The van der Waals surface area contributed by atoms with E-state index in [1.165, 1.54) is 0 Å². The van der Waals surface area contributed by atoms with Crippen molar-refractivity contribution in [2.45, 2.75) is 25.4 Å². The zero-order chi connectivity index (χ0) is 14.5. The molecule has 1 amide bonds. The number of likely N-dealkylation sites (tertiary alicyclic amines) is 1. The maximum atomic E-state index is 10.9. The Bertz CT molecular complexity index is 475. The quantitative estimate of drug-likeness (QED) is 0.846. The summed E-state index contributed by atoms with van der Waals surface area (Å²) in [5.41, 5.74) is 6.31. The molecule has 0 saturated carbocycles. The first-order valence-electron chi connectivity index (χ1n) is 6.72. The molecule has 0 atom stereocenters. The average molecular weight is 361 g/mol. The van der Waals surface area contributed by atoms with Crippen molar-refractivity contribution in [3.05, 3.63) is 33.3 Å². The third kappa shape index (κ3) is 4.74. The molecule has 2 rings (SSSR count). The molecule has 4 nitrogen and oxygen atoms in total. The van der Waals surface area contributed by atoms with Crippen LogP contribution in [0.4, 0.5) is 0 Å². The third-order valence-corrected chi connectivity index (χ3v) is 4.41. The lowest BCUT2D eigenvalue weighted by Gasteiger charge is -2.31. The fourth-order valence-corrected chi connectivity index (χ4v) is 3.18. The smallest absolute Gasteiger partial charge is 0.231 e. The van der Waals surface area contributed by atoms with Crippen molar-refractivity contribution in [3.8, 4) is 0 Å². The number of nitrogens with two attached hydrogens (primary N) is 1. The minimum atomic E-state index is -0.252. The Morgan fingerprint density at radius 3 is 2.75 bits per heavy atom. The first kappa shape index (κ1) is 15.8. The summed E-state index contributed by atoms with van der Waals surface area (Å²) in [7, 11) is 0. The van der Waals surface area contributed by atoms with Gasteiger partial charge in [0.25, 0.3) is 0 Å². The molecule has 1 aliphatic rings. The number of hydrogen-bond donors (Lipinski definition) is 2. The fraction of sp³-hybridized carbons (Fsp3) is 0.500. The number of piperidine rings is 1. The van der Waals surface area contributed by atoms with Crippen LogP contribution in [0.1, 0.15) is 18.4 Å². The Morgan fingerprint density at radius 2 is 2.15 bits per heavy atom. The molecule has 1 heterocycles. The minimum Gasteiger partial charge on any atom is -0.369 e. The van der Waals surface area contributed by atoms with Gasteiger partial charge in [0.15, 0.2) is 0 Å². The second-order valence-electron chi connectivity index (χ2n) is 5.13. The van der Waals surface area contributed by atoms with Crippen LogP contribution < -0.4 is 11.1 Å². The van der Waals surface area contributed by atoms with Crippen LogP contribution in [0.25, 0.3) is 0 Å². The SMILES string of the molecule is NC(=O)CN1CCC(NCc2ccc(Br)cc2Cl)CC1. The summed E-state index contributed by atoms with van der Waals surface area (Å²) in [5, 5.41) is 4.31. The van der Waals surface area contributed by atoms with E-state index in [-0.39, 0.29) is 5.91 Å². The van der Waals surface area contributed by atoms with Crippen molar-refractivity contribution in [1.29, 1.82) is 0 Å². The van der Waals surface area contributed by atoms with Gasteiger partial charge in [0, 0.05) is 35.2 Å². The molecule has 0 aromatic heterocycles. The van der Waals surface area contributed by atoms with Crippen LogP contribution in [0, 0.1) is 0 Å². The number of primary amides is 1. The Hall–Kier alpha value is -0.620. The highest BCUT2D eigenvalue weighted by Gasteiger charge is 2.19. The fourth-order valence-electron chi connectivity index (χ4n) is 2.43. The highest BCUT2D eigenvalue weighted by atomic mass is 79.9. The molecule has 1 fully saturated rings. The Morgan fingerprint density at radius 1 is 1.45 bits per heavy atom. The number of rotatable bonds is 5. The molecule has 1 aliphatic heterocycles. The van der Waals surface area contributed by atoms with E-state index in [4.69, 9.17) is 17.3 Å². The van der Waals surface area contributed by atoms with Crippen LogP contribution in [0.3, 0.4) is 0 Å². The Balaban J connectivity index is 1.77. The molecule has 0 radical (unpaired) electrons. The normalized spacial score (nSPS) is 17.3. The van der Waals surface area contributed by atoms with Gasteiger partial charge in [-0.05, 0) is 30.5 Å². The van der Waals surface area contributed by atoms with Gasteiger partial charge >= 0.3 is 0 Å². The van der Waals surface area contributed by atoms with Gasteiger partial charge in [-0.2, -0.15) is 0 Å². The molecule has 1 aromatic carbocycles. The second kappa shape index (κ2) is 7.41. The summed E-state index contributed by atoms with van der Waals surface area (Å²) < 4.78 is 0.992. The predicted octanol–water partition coefficient (Wildman–Crippen LogP) is 2.14. The highest BCUT2D eigenvalue weighted by Crippen LogP contribution is 2.21. The summed E-state index contributed by atoms with van der Waals surface area (Å²) in [6.07, 6.45) is 2.06. The lowest BCUT2D eigenvalue weighted by Crippen LogP contribution is -2.45. The molecule has 0 spiro atoms. The maximum absolute atomic E-state index is 10.9. The molecule has 20 heavy (non-hydrogen) atoms. The van der Waals surface area contributed by atoms with Crippen LogP contribution in [0.2, 0.25) is 5.02 Å². The second-order valence-corrected chi connectivity index (χ2v) is 6.46. The van der Waals surface area contributed by atoms with Gasteiger partial charge in [0.2, 0.25) is 5.91 Å². The minimum absolute atomic E-state index is 0.252. The summed E-state index contributed by atoms with van der Waals surface area (Å²) in [4.78, 5) is 13.0. The molecule has 1 saturated heterocycles. The molecule has 1 aromatic rings. The first-order chi connectivity index (χ1) is 9.54. The number of nitrogens with zero attached hydrogens (tertiary/aromatic N) is 1. The van der Waals surface area contributed by atoms with Crippen molar-refractivity contribution in [1.82, 2.24) is 10.2 Å². The maximum Gasteiger partial charge on any atom is 0.231 e. The van der Waals surface area contributed by atoms with Gasteiger partial charge in [-0.15, -0.1) is 0 Å². The van der Waals surface area contributed by atoms with Crippen LogP contribution >= 0.6 is 27.5 Å². The molecule has 0 bridgehead atoms. The van der Waals surface area contributed by atoms with Gasteiger partial charge in [0.1, 0.15) is 0 Å². The van der Waals surface area contributed by atoms with E-state index in [0.29, 0.717) is 12.6 Å². The largest absolute Gasteiger partial charge is 0.369 e. The summed E-state index contributed by atoms with van der Waals surface area (Å²) >= 11 is 9.60. The van der Waals surface area contributed by atoms with Gasteiger partial charge < -0.3 is 11.1 Å². The van der Waals surface area contributed by atoms with Gasteiger partial charge in [-0.1, -0.05) is 33.6 Å². The van der Waals surface area contributed by atoms with Crippen molar-refractivity contribution >= 4 is 33.4 Å². The topological polar surface area (TPSA) is 58.4 Å². The van der Waals surface area contributed by atoms with Gasteiger partial charge in [-0.25, -0.2) is 0 Å². The van der Waals surface area contributed by atoms with E-state index in [1.54, 1.807) is 0 Å². The van der Waals surface area contributed by atoms with E-state index in [9.17, 15) is 4.79 Å². The Kier molecular flexibility index (Phi) is 5.84. The molecular formula is C14H19BrClN3O. The zero-order valence-electron chi connectivity index (χ0n) is 11.2. The number of halogens is 2. The number of amides is 1. The zero-order valence-corrected chi connectivity index (χ0v) is 13.6. The molecule has 0 aliphatic carbocycles. The Labute approximate surface area is 132 Å². The molecule has 110 valence electrons. The van der Waals surface area contributed by atoms with Gasteiger partial charge in [0.05, 0.1) is 6.54 Å². The summed E-state index contributed by atoms with van der Waals surface area (Å²) in [6.45, 7) is 2.96. The van der Waals surface area contributed by atoms with E-state index >= 15 is 0 Å². The lowest BCUT2D eigenvalue weighted by atomic mass is 10.0. The van der Waals surface area contributed by atoms with Crippen molar-refractivity contribution in [3.63, 3.8) is 0 Å². The third-order valence-electron chi connectivity index (χ3n) is 3.56. The van der Waals surface area contributed by atoms with Gasteiger partial charge in [-0.3, -0.25) is 9.69 Å². The number of carbonyl (C=O) groups is 1. The number of hydrogen-bond acceptors (Lipinski definition) is 3. The van der Waals surface area contributed by atoms with E-state index in [1.807, 2.05) is 18.2 Å². The molecular weight excluding hydrogens is 342 g/mol. The number of benzene rings is 1. The van der Waals surface area contributed by atoms with Crippen LogP contribution in [0.5, 0.6) is 0 Å². The van der Waals surface area contributed by atoms with Crippen molar-refractivity contribution < 1.29 is 4.79 Å². The van der Waals surface area contributed by atoms with E-state index < -0.39 is 0 Å². The van der Waals surface area contributed by atoms with Crippen LogP contribution in [0.15, 0.2) is 22.7 Å². The molecule has 3 N–H and O–H groups in total. The summed E-state index contributed by atoms with van der Waals surface area (Å²) in [6, 6.07) is 6.41. The first-order valence-corrected chi connectivity index (χ1v) is 7.89. The van der Waals surface area contributed by atoms with Crippen molar-refractivity contribution in [2.24, 2.45) is 5.73 Å². The van der Waals surface area contributed by atoms with Crippen LogP contribution in [-0.2, 0) is 11.3 Å². The average Bonchev–Trinajstić information content (AvgIpc) is 2.39. The molecule has 0 unspecified atom stereocenters. The summed E-state index contributed by atoms with van der Waals surface area (Å²) in [5.74, 6) is -0.252. The molecule has 6 heteroatoms.